The number of benzene rings is 1. The van der Waals surface area contributed by atoms with Gasteiger partial charge in [-0.2, -0.15) is 0 Å². The first kappa shape index (κ1) is 14.7. The Morgan fingerprint density at radius 1 is 1.50 bits per heavy atom. The normalized spacial score (nSPS) is 20.6. The molecule has 1 aromatic carbocycles. The van der Waals surface area contributed by atoms with E-state index in [0.717, 1.165) is 36.1 Å². The van der Waals surface area contributed by atoms with Crippen molar-refractivity contribution in [2.75, 3.05) is 13.7 Å². The molecule has 2 rings (SSSR count). The minimum atomic E-state index is -0.868. The molecule has 0 spiro atoms. The molecule has 0 saturated carbocycles. The monoisotopic (exact) mass is 278 g/mol. The minimum Gasteiger partial charge on any atom is -0.496 e. The van der Waals surface area contributed by atoms with Gasteiger partial charge < -0.3 is 20.5 Å². The van der Waals surface area contributed by atoms with Gasteiger partial charge in [-0.25, -0.2) is 4.79 Å². The summed E-state index contributed by atoms with van der Waals surface area (Å²) in [6.45, 7) is 2.50. The van der Waals surface area contributed by atoms with E-state index in [9.17, 15) is 9.90 Å². The summed E-state index contributed by atoms with van der Waals surface area (Å²) >= 11 is 0. The molecule has 0 aromatic heterocycles. The van der Waals surface area contributed by atoms with Gasteiger partial charge in [0.2, 0.25) is 0 Å². The van der Waals surface area contributed by atoms with E-state index in [4.69, 9.17) is 10.5 Å². The van der Waals surface area contributed by atoms with Crippen LogP contribution in [0.2, 0.25) is 0 Å². The highest BCUT2D eigenvalue weighted by Crippen LogP contribution is 2.37. The van der Waals surface area contributed by atoms with E-state index < -0.39 is 6.09 Å². The largest absolute Gasteiger partial charge is 0.496 e. The number of rotatable bonds is 3. The van der Waals surface area contributed by atoms with Crippen LogP contribution in [-0.2, 0) is 0 Å². The number of hydrogen-bond donors (Lipinski definition) is 2. The molecule has 110 valence electrons. The number of methoxy groups -OCH3 is 1. The van der Waals surface area contributed by atoms with Crippen LogP contribution < -0.4 is 10.5 Å². The average Bonchev–Trinajstić information content (AvgIpc) is 2.46. The van der Waals surface area contributed by atoms with Crippen LogP contribution in [0, 0.1) is 0 Å². The lowest BCUT2D eigenvalue weighted by atomic mass is 9.93. The molecular weight excluding hydrogens is 256 g/mol. The van der Waals surface area contributed by atoms with Crippen LogP contribution in [0.5, 0.6) is 5.75 Å². The number of nitrogens with two attached hydrogens (primary N) is 1. The van der Waals surface area contributed by atoms with Crippen LogP contribution in [0.4, 0.5) is 4.79 Å². The summed E-state index contributed by atoms with van der Waals surface area (Å²) < 4.78 is 5.44. The van der Waals surface area contributed by atoms with Gasteiger partial charge in [0.1, 0.15) is 5.75 Å². The molecular formula is C15H22N2O3. The molecule has 0 radical (unpaired) electrons. The molecule has 2 unspecified atom stereocenters. The molecule has 0 aliphatic carbocycles. The SMILES string of the molecule is COc1cc(C(C)N)ccc1C1CCCCN1C(=O)O. The summed E-state index contributed by atoms with van der Waals surface area (Å²) in [5.41, 5.74) is 7.80. The van der Waals surface area contributed by atoms with Gasteiger partial charge in [0, 0.05) is 18.2 Å². The van der Waals surface area contributed by atoms with Crippen molar-refractivity contribution in [2.45, 2.75) is 38.3 Å². The molecule has 3 N–H and O–H groups in total. The van der Waals surface area contributed by atoms with Crippen molar-refractivity contribution in [3.63, 3.8) is 0 Å². The van der Waals surface area contributed by atoms with Crippen molar-refractivity contribution in [2.24, 2.45) is 5.73 Å². The number of carboxylic acid groups (broad SMARTS) is 1. The van der Waals surface area contributed by atoms with Crippen molar-refractivity contribution >= 4 is 6.09 Å². The second-order valence-electron chi connectivity index (χ2n) is 5.28. The molecule has 1 amide bonds. The third-order valence-electron chi connectivity index (χ3n) is 3.89. The summed E-state index contributed by atoms with van der Waals surface area (Å²) in [4.78, 5) is 12.9. The molecule has 1 fully saturated rings. The lowest BCUT2D eigenvalue weighted by Gasteiger charge is -2.34. The lowest BCUT2D eigenvalue weighted by molar-refractivity contribution is 0.106. The molecule has 0 bridgehead atoms. The van der Waals surface area contributed by atoms with Crippen LogP contribution >= 0.6 is 0 Å². The number of likely N-dealkylation sites (tertiary alicyclic amines) is 1. The molecule has 1 aromatic rings. The zero-order valence-corrected chi connectivity index (χ0v) is 12.0. The van der Waals surface area contributed by atoms with Gasteiger partial charge in [0.05, 0.1) is 13.2 Å². The summed E-state index contributed by atoms with van der Waals surface area (Å²) in [6.07, 6.45) is 1.92. The molecule has 5 nitrogen and oxygen atoms in total. The Balaban J connectivity index is 2.37. The summed E-state index contributed by atoms with van der Waals surface area (Å²) in [6, 6.07) is 5.62. The van der Waals surface area contributed by atoms with Gasteiger partial charge in [-0.15, -0.1) is 0 Å². The fourth-order valence-corrected chi connectivity index (χ4v) is 2.77. The maximum Gasteiger partial charge on any atom is 0.407 e. The van der Waals surface area contributed by atoms with E-state index in [0.29, 0.717) is 6.54 Å². The molecule has 1 heterocycles. The van der Waals surface area contributed by atoms with E-state index in [2.05, 4.69) is 0 Å². The first-order valence-electron chi connectivity index (χ1n) is 6.97. The molecule has 1 aliphatic heterocycles. The fourth-order valence-electron chi connectivity index (χ4n) is 2.77. The van der Waals surface area contributed by atoms with Crippen molar-refractivity contribution in [1.29, 1.82) is 0 Å². The first-order chi connectivity index (χ1) is 9.54. The van der Waals surface area contributed by atoms with Crippen LogP contribution in [0.25, 0.3) is 0 Å². The standard InChI is InChI=1S/C15H22N2O3/c1-10(16)11-6-7-12(14(9-11)20-2)13-5-3-4-8-17(13)15(18)19/h6-7,9-10,13H,3-5,8,16H2,1-2H3,(H,18,19). The van der Waals surface area contributed by atoms with Crippen molar-refractivity contribution in [3.05, 3.63) is 29.3 Å². The van der Waals surface area contributed by atoms with Crippen LogP contribution in [0.1, 0.15) is 49.4 Å². The predicted molar refractivity (Wildman–Crippen MR) is 76.9 cm³/mol. The summed E-state index contributed by atoms with van der Waals surface area (Å²) in [5.74, 6) is 0.720. The molecule has 5 heteroatoms. The van der Waals surface area contributed by atoms with E-state index >= 15 is 0 Å². The van der Waals surface area contributed by atoms with Gasteiger partial charge >= 0.3 is 6.09 Å². The maximum absolute atomic E-state index is 11.4. The number of hydrogen-bond acceptors (Lipinski definition) is 3. The van der Waals surface area contributed by atoms with Crippen molar-refractivity contribution in [3.8, 4) is 5.75 Å². The quantitative estimate of drug-likeness (QED) is 0.891. The highest BCUT2D eigenvalue weighted by Gasteiger charge is 2.29. The zero-order valence-electron chi connectivity index (χ0n) is 12.0. The van der Waals surface area contributed by atoms with Gasteiger partial charge in [-0.1, -0.05) is 12.1 Å². The van der Waals surface area contributed by atoms with Gasteiger partial charge in [-0.3, -0.25) is 0 Å². The maximum atomic E-state index is 11.4. The third-order valence-corrected chi connectivity index (χ3v) is 3.89. The van der Waals surface area contributed by atoms with Crippen molar-refractivity contribution < 1.29 is 14.6 Å². The summed E-state index contributed by atoms with van der Waals surface area (Å²) in [5, 5.41) is 9.34. The van der Waals surface area contributed by atoms with Gasteiger partial charge in [-0.05, 0) is 37.8 Å². The topological polar surface area (TPSA) is 75.8 Å². The summed E-state index contributed by atoms with van der Waals surface area (Å²) in [7, 11) is 1.61. The Labute approximate surface area is 119 Å². The van der Waals surface area contributed by atoms with Gasteiger partial charge in [0.25, 0.3) is 0 Å². The Bertz CT molecular complexity index is 488. The Kier molecular flexibility index (Phi) is 4.49. The molecule has 2 atom stereocenters. The van der Waals surface area contributed by atoms with Crippen LogP contribution in [-0.4, -0.2) is 29.8 Å². The second-order valence-corrected chi connectivity index (χ2v) is 5.28. The number of nitrogens with zero attached hydrogens (tertiary/aromatic N) is 1. The number of amides is 1. The number of piperidine rings is 1. The van der Waals surface area contributed by atoms with Crippen LogP contribution in [0.15, 0.2) is 18.2 Å². The van der Waals surface area contributed by atoms with Gasteiger partial charge in [0.15, 0.2) is 0 Å². The first-order valence-corrected chi connectivity index (χ1v) is 6.97. The second kappa shape index (κ2) is 6.13. The van der Waals surface area contributed by atoms with E-state index in [1.165, 1.54) is 4.90 Å². The fraction of sp³-hybridized carbons (Fsp3) is 0.533. The average molecular weight is 278 g/mol. The predicted octanol–water partition coefficient (Wildman–Crippen LogP) is 2.92. The van der Waals surface area contributed by atoms with E-state index in [-0.39, 0.29) is 12.1 Å². The molecule has 20 heavy (non-hydrogen) atoms. The highest BCUT2D eigenvalue weighted by molar-refractivity contribution is 5.66. The smallest absolute Gasteiger partial charge is 0.407 e. The highest BCUT2D eigenvalue weighted by atomic mass is 16.5. The third kappa shape index (κ3) is 2.88. The molecule has 1 saturated heterocycles. The number of carbonyl (C=O) groups is 1. The lowest BCUT2D eigenvalue weighted by Crippen LogP contribution is -2.37. The van der Waals surface area contributed by atoms with Crippen LogP contribution in [0.3, 0.4) is 0 Å². The minimum absolute atomic E-state index is 0.0696. The Morgan fingerprint density at radius 3 is 2.85 bits per heavy atom. The zero-order chi connectivity index (χ0) is 14.7. The Hall–Kier alpha value is -1.75. The van der Waals surface area contributed by atoms with Crippen molar-refractivity contribution in [1.82, 2.24) is 4.90 Å². The van der Waals surface area contributed by atoms with E-state index in [1.54, 1.807) is 7.11 Å². The number of ether oxygens (including phenoxy) is 1. The molecule has 1 aliphatic rings. The Morgan fingerprint density at radius 2 is 2.25 bits per heavy atom. The van der Waals surface area contributed by atoms with E-state index in [1.807, 2.05) is 25.1 Å².